The van der Waals surface area contributed by atoms with E-state index in [1.54, 1.807) is 25.1 Å². The third-order valence-corrected chi connectivity index (χ3v) is 4.85. The number of ether oxygens (including phenoxy) is 3. The minimum absolute atomic E-state index is 0.131. The number of hydrogen-bond donors (Lipinski definition) is 2. The van der Waals surface area contributed by atoms with Crippen LogP contribution in [0.15, 0.2) is 18.2 Å². The number of carbonyl (C=O) groups is 2. The summed E-state index contributed by atoms with van der Waals surface area (Å²) >= 11 is 0. The Morgan fingerprint density at radius 1 is 1.25 bits per heavy atom. The van der Waals surface area contributed by atoms with E-state index in [-0.39, 0.29) is 18.7 Å². The standard InChI is InChI=1S/C18H20N4O6/c1-11-16(17(25)19-18(9-15(23)24)4-5-26-10-18)20-21-22(11)12-2-3-13-14(8-12)28-7-6-27-13/h2-3,8H,4-7,9-10H2,1H3,(H,19,25)(H,23,24). The summed E-state index contributed by atoms with van der Waals surface area (Å²) in [6.45, 7) is 3.24. The van der Waals surface area contributed by atoms with Crippen molar-refractivity contribution in [2.24, 2.45) is 0 Å². The minimum Gasteiger partial charge on any atom is -0.486 e. The van der Waals surface area contributed by atoms with Crippen molar-refractivity contribution in [3.05, 3.63) is 29.6 Å². The first-order valence-corrected chi connectivity index (χ1v) is 8.92. The van der Waals surface area contributed by atoms with Crippen molar-refractivity contribution in [3.63, 3.8) is 0 Å². The number of nitrogens with zero attached hydrogens (tertiary/aromatic N) is 3. The van der Waals surface area contributed by atoms with Gasteiger partial charge in [0.2, 0.25) is 0 Å². The number of rotatable bonds is 5. The number of carbonyl (C=O) groups excluding carboxylic acids is 1. The van der Waals surface area contributed by atoms with Crippen LogP contribution in [0.1, 0.15) is 29.0 Å². The van der Waals surface area contributed by atoms with E-state index >= 15 is 0 Å². The molecule has 2 N–H and O–H groups in total. The van der Waals surface area contributed by atoms with Crippen LogP contribution in [-0.4, -0.2) is 63.9 Å². The van der Waals surface area contributed by atoms with Gasteiger partial charge in [0.1, 0.15) is 13.2 Å². The van der Waals surface area contributed by atoms with Gasteiger partial charge in [-0.1, -0.05) is 5.21 Å². The first kappa shape index (κ1) is 18.2. The summed E-state index contributed by atoms with van der Waals surface area (Å²) in [5.41, 5.74) is 0.402. The second-order valence-electron chi connectivity index (χ2n) is 6.87. The molecule has 148 valence electrons. The Balaban J connectivity index is 1.58. The van der Waals surface area contributed by atoms with Gasteiger partial charge in [0.05, 0.1) is 29.9 Å². The van der Waals surface area contributed by atoms with Gasteiger partial charge in [-0.15, -0.1) is 5.10 Å². The van der Waals surface area contributed by atoms with Crippen molar-refractivity contribution in [1.82, 2.24) is 20.3 Å². The maximum atomic E-state index is 12.8. The van der Waals surface area contributed by atoms with Crippen LogP contribution in [0.4, 0.5) is 0 Å². The number of amides is 1. The number of benzene rings is 1. The number of aliphatic carboxylic acids is 1. The van der Waals surface area contributed by atoms with Crippen LogP contribution >= 0.6 is 0 Å². The molecule has 0 spiro atoms. The Hall–Kier alpha value is -3.14. The highest BCUT2D eigenvalue weighted by atomic mass is 16.6. The highest BCUT2D eigenvalue weighted by Crippen LogP contribution is 2.32. The zero-order valence-corrected chi connectivity index (χ0v) is 15.3. The van der Waals surface area contributed by atoms with E-state index in [1.807, 2.05) is 0 Å². The normalized spacial score (nSPS) is 20.8. The molecule has 4 rings (SSSR count). The van der Waals surface area contributed by atoms with E-state index in [2.05, 4.69) is 15.6 Å². The number of carboxylic acids is 1. The molecule has 1 aromatic carbocycles. The van der Waals surface area contributed by atoms with Crippen LogP contribution in [0.2, 0.25) is 0 Å². The van der Waals surface area contributed by atoms with E-state index in [9.17, 15) is 9.59 Å². The van der Waals surface area contributed by atoms with E-state index < -0.39 is 17.4 Å². The van der Waals surface area contributed by atoms with Gasteiger partial charge in [-0.2, -0.15) is 0 Å². The molecule has 28 heavy (non-hydrogen) atoms. The fraction of sp³-hybridized carbons (Fsp3) is 0.444. The van der Waals surface area contributed by atoms with Crippen molar-refractivity contribution in [3.8, 4) is 17.2 Å². The molecule has 2 aliphatic rings. The Labute approximate surface area is 160 Å². The van der Waals surface area contributed by atoms with Gasteiger partial charge in [-0.3, -0.25) is 9.59 Å². The first-order valence-electron chi connectivity index (χ1n) is 8.92. The zero-order valence-electron chi connectivity index (χ0n) is 15.3. The van der Waals surface area contributed by atoms with Crippen molar-refractivity contribution in [2.45, 2.75) is 25.3 Å². The molecule has 1 amide bonds. The summed E-state index contributed by atoms with van der Waals surface area (Å²) in [5, 5.41) is 20.0. The van der Waals surface area contributed by atoms with Crippen LogP contribution in [0.25, 0.3) is 5.69 Å². The third-order valence-electron chi connectivity index (χ3n) is 4.85. The smallest absolute Gasteiger partial charge is 0.305 e. The molecule has 0 aliphatic carbocycles. The summed E-state index contributed by atoms with van der Waals surface area (Å²) in [4.78, 5) is 24.0. The predicted molar refractivity (Wildman–Crippen MR) is 95.0 cm³/mol. The Bertz CT molecular complexity index is 919. The van der Waals surface area contributed by atoms with E-state index in [4.69, 9.17) is 19.3 Å². The molecule has 1 atom stereocenters. The Kier molecular flexibility index (Phi) is 4.63. The average Bonchev–Trinajstić information content (AvgIpc) is 3.27. The lowest BCUT2D eigenvalue weighted by atomic mass is 9.94. The molecule has 0 saturated carbocycles. The molecule has 2 aromatic rings. The average molecular weight is 388 g/mol. The van der Waals surface area contributed by atoms with Gasteiger partial charge in [0.15, 0.2) is 17.2 Å². The van der Waals surface area contributed by atoms with Gasteiger partial charge in [-0.25, -0.2) is 4.68 Å². The molecule has 1 saturated heterocycles. The SMILES string of the molecule is Cc1c(C(=O)NC2(CC(=O)O)CCOC2)nnn1-c1ccc2c(c1)OCCO2. The maximum absolute atomic E-state index is 12.8. The molecule has 2 aliphatic heterocycles. The lowest BCUT2D eigenvalue weighted by Crippen LogP contribution is -2.50. The number of hydrogen-bond acceptors (Lipinski definition) is 7. The molecule has 10 heteroatoms. The third kappa shape index (κ3) is 3.38. The van der Waals surface area contributed by atoms with Crippen molar-refractivity contribution >= 4 is 11.9 Å². The molecule has 10 nitrogen and oxygen atoms in total. The van der Waals surface area contributed by atoms with Gasteiger partial charge >= 0.3 is 5.97 Å². The number of nitrogens with one attached hydrogen (secondary N) is 1. The second-order valence-corrected chi connectivity index (χ2v) is 6.87. The van der Waals surface area contributed by atoms with Gasteiger partial charge in [-0.05, 0) is 25.5 Å². The fourth-order valence-electron chi connectivity index (χ4n) is 3.43. The molecular weight excluding hydrogens is 368 g/mol. The molecule has 1 aromatic heterocycles. The van der Waals surface area contributed by atoms with E-state index in [0.29, 0.717) is 49.1 Å². The summed E-state index contributed by atoms with van der Waals surface area (Å²) in [7, 11) is 0. The largest absolute Gasteiger partial charge is 0.486 e. The lowest BCUT2D eigenvalue weighted by Gasteiger charge is -2.26. The highest BCUT2D eigenvalue weighted by Gasteiger charge is 2.39. The summed E-state index contributed by atoms with van der Waals surface area (Å²) in [6, 6.07) is 5.35. The second kappa shape index (κ2) is 7.12. The number of aromatic nitrogens is 3. The Morgan fingerprint density at radius 2 is 2.04 bits per heavy atom. The molecular formula is C18H20N4O6. The predicted octanol–water partition coefficient (Wildman–Crippen LogP) is 0.711. The van der Waals surface area contributed by atoms with Gasteiger partial charge in [0.25, 0.3) is 5.91 Å². The Morgan fingerprint density at radius 3 is 2.75 bits per heavy atom. The fourth-order valence-corrected chi connectivity index (χ4v) is 3.43. The topological polar surface area (TPSA) is 125 Å². The summed E-state index contributed by atoms with van der Waals surface area (Å²) in [5.74, 6) is -0.216. The summed E-state index contributed by atoms with van der Waals surface area (Å²) in [6.07, 6.45) is 0.217. The van der Waals surface area contributed by atoms with Crippen molar-refractivity contribution in [1.29, 1.82) is 0 Å². The number of carboxylic acid groups (broad SMARTS) is 1. The highest BCUT2D eigenvalue weighted by molar-refractivity contribution is 5.94. The monoisotopic (exact) mass is 388 g/mol. The maximum Gasteiger partial charge on any atom is 0.305 e. The van der Waals surface area contributed by atoms with Crippen LogP contribution in [0, 0.1) is 6.92 Å². The molecule has 3 heterocycles. The summed E-state index contributed by atoms with van der Waals surface area (Å²) < 4.78 is 17.9. The van der Waals surface area contributed by atoms with Crippen LogP contribution in [0.5, 0.6) is 11.5 Å². The molecule has 1 fully saturated rings. The van der Waals surface area contributed by atoms with Gasteiger partial charge in [0, 0.05) is 12.7 Å². The van der Waals surface area contributed by atoms with Crippen LogP contribution in [-0.2, 0) is 9.53 Å². The quantitative estimate of drug-likeness (QED) is 0.767. The minimum atomic E-state index is -0.998. The van der Waals surface area contributed by atoms with Crippen LogP contribution < -0.4 is 14.8 Å². The zero-order chi connectivity index (χ0) is 19.7. The van der Waals surface area contributed by atoms with Crippen molar-refractivity contribution < 1.29 is 28.9 Å². The number of fused-ring (bicyclic) bond motifs is 1. The molecule has 0 radical (unpaired) electrons. The van der Waals surface area contributed by atoms with Gasteiger partial charge < -0.3 is 24.6 Å². The first-order chi connectivity index (χ1) is 13.5. The molecule has 1 unspecified atom stereocenters. The lowest BCUT2D eigenvalue weighted by molar-refractivity contribution is -0.138. The van der Waals surface area contributed by atoms with Crippen molar-refractivity contribution in [2.75, 3.05) is 26.4 Å². The molecule has 0 bridgehead atoms. The van der Waals surface area contributed by atoms with E-state index in [1.165, 1.54) is 4.68 Å². The van der Waals surface area contributed by atoms with E-state index in [0.717, 1.165) is 0 Å². The van der Waals surface area contributed by atoms with Crippen LogP contribution in [0.3, 0.4) is 0 Å².